The third-order valence-electron chi connectivity index (χ3n) is 1.82. The van der Waals surface area contributed by atoms with Crippen LogP contribution in [-0.2, 0) is 0 Å². The Kier molecular flexibility index (Phi) is 7.97. The van der Waals surface area contributed by atoms with Crippen LogP contribution in [0, 0.1) is 0 Å². The first-order valence-corrected chi connectivity index (χ1v) is 4.75. The Morgan fingerprint density at radius 2 is 2.00 bits per heavy atom. The van der Waals surface area contributed by atoms with Gasteiger partial charge in [-0.1, -0.05) is 31.8 Å². The minimum atomic E-state index is 1.17. The lowest BCUT2D eigenvalue weighted by Gasteiger charge is -1.98. The van der Waals surface area contributed by atoms with Crippen molar-refractivity contribution in [2.24, 2.45) is 10.2 Å². The van der Waals surface area contributed by atoms with Gasteiger partial charge in [0.05, 0.1) is 0 Å². The summed E-state index contributed by atoms with van der Waals surface area (Å²) < 4.78 is 0. The lowest BCUT2D eigenvalue weighted by molar-refractivity contribution is 0.663. The van der Waals surface area contributed by atoms with Crippen molar-refractivity contribution in [3.05, 3.63) is 11.8 Å². The summed E-state index contributed by atoms with van der Waals surface area (Å²) in [6, 6.07) is 0. The average Bonchev–Trinajstić information content (AvgIpc) is 2.09. The molecule has 0 aromatic rings. The third-order valence-corrected chi connectivity index (χ3v) is 1.82. The molecule has 0 rings (SSSR count). The van der Waals surface area contributed by atoms with Crippen LogP contribution in [0.3, 0.4) is 0 Å². The van der Waals surface area contributed by atoms with Crippen molar-refractivity contribution in [1.82, 2.24) is 0 Å². The quantitative estimate of drug-likeness (QED) is 0.424. The van der Waals surface area contributed by atoms with Crippen molar-refractivity contribution in [2.75, 3.05) is 7.05 Å². The van der Waals surface area contributed by atoms with E-state index in [1.54, 1.807) is 7.05 Å². The molecule has 0 heterocycles. The van der Waals surface area contributed by atoms with Gasteiger partial charge in [-0.05, 0) is 19.8 Å². The smallest absolute Gasteiger partial charge is 0.0491 e. The summed E-state index contributed by atoms with van der Waals surface area (Å²) in [6.07, 6.45) is 8.30. The Morgan fingerprint density at radius 3 is 2.58 bits per heavy atom. The van der Waals surface area contributed by atoms with Gasteiger partial charge in [0.15, 0.2) is 0 Å². The van der Waals surface area contributed by atoms with Gasteiger partial charge in [0, 0.05) is 13.2 Å². The summed E-state index contributed by atoms with van der Waals surface area (Å²) in [7, 11) is 1.70. The van der Waals surface area contributed by atoms with Gasteiger partial charge in [-0.3, -0.25) is 0 Å². The SMILES string of the molecule is CCCCCC/C(C)=C/N=NC. The maximum absolute atomic E-state index is 3.83. The fraction of sp³-hybridized carbons (Fsp3) is 0.800. The second-order valence-corrected chi connectivity index (χ2v) is 3.10. The molecule has 12 heavy (non-hydrogen) atoms. The van der Waals surface area contributed by atoms with Gasteiger partial charge in [-0.2, -0.15) is 10.2 Å². The number of allylic oxidation sites excluding steroid dienone is 1. The molecule has 0 aliphatic rings. The number of unbranched alkanes of at least 4 members (excludes halogenated alkanes) is 3. The zero-order valence-corrected chi connectivity index (χ0v) is 8.51. The van der Waals surface area contributed by atoms with Crippen LogP contribution in [0.15, 0.2) is 22.0 Å². The Morgan fingerprint density at radius 1 is 1.25 bits per heavy atom. The zero-order chi connectivity index (χ0) is 9.23. The Bertz CT molecular complexity index is 148. The van der Waals surface area contributed by atoms with Crippen LogP contribution in [0.1, 0.15) is 46.0 Å². The molecule has 2 nitrogen and oxygen atoms in total. The lowest BCUT2D eigenvalue weighted by Crippen LogP contribution is -1.78. The van der Waals surface area contributed by atoms with E-state index in [1.807, 2.05) is 6.20 Å². The molecule has 0 aliphatic heterocycles. The molecule has 0 spiro atoms. The standard InChI is InChI=1S/C10H20N2/c1-4-5-6-7-8-10(2)9-12-11-3/h9H,4-8H2,1-3H3/b10-9+,12-11?. The molecule has 0 aromatic carbocycles. The van der Waals surface area contributed by atoms with Crippen LogP contribution in [0.2, 0.25) is 0 Å². The molecule has 70 valence electrons. The molecule has 0 unspecified atom stereocenters. The highest BCUT2D eigenvalue weighted by atomic mass is 15.1. The molecule has 0 saturated carbocycles. The van der Waals surface area contributed by atoms with E-state index in [0.29, 0.717) is 0 Å². The molecule has 0 saturated heterocycles. The molecule has 2 heteroatoms. The summed E-state index contributed by atoms with van der Waals surface area (Å²) >= 11 is 0. The Balaban J connectivity index is 3.36. The van der Waals surface area contributed by atoms with Crippen molar-refractivity contribution in [1.29, 1.82) is 0 Å². The van der Waals surface area contributed by atoms with Gasteiger partial charge in [-0.15, -0.1) is 0 Å². The second-order valence-electron chi connectivity index (χ2n) is 3.10. The Hall–Kier alpha value is -0.660. The molecule has 0 atom stereocenters. The first-order chi connectivity index (χ1) is 5.81. The van der Waals surface area contributed by atoms with Crippen LogP contribution >= 0.6 is 0 Å². The average molecular weight is 168 g/mol. The molecular formula is C10H20N2. The van der Waals surface area contributed by atoms with Gasteiger partial charge >= 0.3 is 0 Å². The minimum Gasteiger partial charge on any atom is -0.193 e. The van der Waals surface area contributed by atoms with Crippen molar-refractivity contribution < 1.29 is 0 Å². The topological polar surface area (TPSA) is 24.7 Å². The van der Waals surface area contributed by atoms with Crippen molar-refractivity contribution in [3.8, 4) is 0 Å². The molecule has 0 N–H and O–H groups in total. The lowest BCUT2D eigenvalue weighted by atomic mass is 10.1. The van der Waals surface area contributed by atoms with E-state index in [1.165, 1.54) is 37.7 Å². The van der Waals surface area contributed by atoms with Gasteiger partial charge in [-0.25, -0.2) is 0 Å². The molecule has 0 fully saturated rings. The van der Waals surface area contributed by atoms with E-state index in [4.69, 9.17) is 0 Å². The van der Waals surface area contributed by atoms with E-state index in [-0.39, 0.29) is 0 Å². The van der Waals surface area contributed by atoms with Crippen molar-refractivity contribution >= 4 is 0 Å². The minimum absolute atomic E-state index is 1.17. The summed E-state index contributed by atoms with van der Waals surface area (Å²) in [6.45, 7) is 4.34. The van der Waals surface area contributed by atoms with Crippen LogP contribution < -0.4 is 0 Å². The normalized spacial score (nSPS) is 12.8. The van der Waals surface area contributed by atoms with Crippen molar-refractivity contribution in [3.63, 3.8) is 0 Å². The monoisotopic (exact) mass is 168 g/mol. The maximum Gasteiger partial charge on any atom is 0.0491 e. The van der Waals surface area contributed by atoms with E-state index in [0.717, 1.165) is 0 Å². The molecule has 0 aromatic heterocycles. The first kappa shape index (κ1) is 11.3. The number of rotatable bonds is 6. The summed E-state index contributed by atoms with van der Waals surface area (Å²) in [5.41, 5.74) is 1.33. The van der Waals surface area contributed by atoms with Crippen LogP contribution in [0.5, 0.6) is 0 Å². The van der Waals surface area contributed by atoms with Gasteiger partial charge in [0.1, 0.15) is 0 Å². The van der Waals surface area contributed by atoms with Crippen molar-refractivity contribution in [2.45, 2.75) is 46.0 Å². The van der Waals surface area contributed by atoms with Crippen LogP contribution in [-0.4, -0.2) is 7.05 Å². The second kappa shape index (κ2) is 8.44. The highest BCUT2D eigenvalue weighted by Gasteiger charge is 1.89. The highest BCUT2D eigenvalue weighted by molar-refractivity contribution is 4.95. The fourth-order valence-electron chi connectivity index (χ4n) is 1.05. The largest absolute Gasteiger partial charge is 0.193 e. The molecule has 0 bridgehead atoms. The third kappa shape index (κ3) is 7.45. The highest BCUT2D eigenvalue weighted by Crippen LogP contribution is 2.09. The summed E-state index contributed by atoms with van der Waals surface area (Å²) in [5.74, 6) is 0. The number of hydrogen-bond acceptors (Lipinski definition) is 2. The molecule has 0 aliphatic carbocycles. The van der Waals surface area contributed by atoms with E-state index >= 15 is 0 Å². The first-order valence-electron chi connectivity index (χ1n) is 4.75. The summed E-state index contributed by atoms with van der Waals surface area (Å²) in [4.78, 5) is 0. The zero-order valence-electron chi connectivity index (χ0n) is 8.51. The molecular weight excluding hydrogens is 148 g/mol. The number of hydrogen-bond donors (Lipinski definition) is 0. The van der Waals surface area contributed by atoms with Crippen LogP contribution in [0.25, 0.3) is 0 Å². The van der Waals surface area contributed by atoms with Gasteiger partial charge < -0.3 is 0 Å². The van der Waals surface area contributed by atoms with E-state index in [9.17, 15) is 0 Å². The maximum atomic E-state index is 3.83. The van der Waals surface area contributed by atoms with Gasteiger partial charge in [0.25, 0.3) is 0 Å². The number of azo groups is 1. The van der Waals surface area contributed by atoms with Gasteiger partial charge in [0.2, 0.25) is 0 Å². The predicted molar refractivity (Wildman–Crippen MR) is 53.3 cm³/mol. The summed E-state index contributed by atoms with van der Waals surface area (Å²) in [5, 5.41) is 7.50. The number of nitrogens with zero attached hydrogens (tertiary/aromatic N) is 2. The Labute approximate surface area is 75.8 Å². The van der Waals surface area contributed by atoms with E-state index in [2.05, 4.69) is 24.1 Å². The molecule has 0 amide bonds. The fourth-order valence-corrected chi connectivity index (χ4v) is 1.05. The van der Waals surface area contributed by atoms with Crippen LogP contribution in [0.4, 0.5) is 0 Å². The van der Waals surface area contributed by atoms with E-state index < -0.39 is 0 Å². The molecule has 0 radical (unpaired) electrons. The predicted octanol–water partition coefficient (Wildman–Crippen LogP) is 3.94.